The molecule has 0 spiro atoms. The molecule has 0 aliphatic rings. The van der Waals surface area contributed by atoms with Crippen LogP contribution in [0.2, 0.25) is 0 Å². The van der Waals surface area contributed by atoms with E-state index in [1.165, 1.54) is 30.9 Å². The summed E-state index contributed by atoms with van der Waals surface area (Å²) in [6, 6.07) is 5.28. The summed E-state index contributed by atoms with van der Waals surface area (Å²) in [6.45, 7) is 7.96. The van der Waals surface area contributed by atoms with E-state index in [0.29, 0.717) is 41.1 Å². The number of carbonyl (C=O) groups excluding carboxylic acids is 2. The lowest BCUT2D eigenvalue weighted by atomic mass is 10.0. The molecule has 0 radical (unpaired) electrons. The molecular formula is C26H32FN7O4. The number of fused-ring (bicyclic) bond motifs is 1. The predicted molar refractivity (Wildman–Crippen MR) is 138 cm³/mol. The molecule has 0 aromatic carbocycles. The van der Waals surface area contributed by atoms with Gasteiger partial charge in [-0.3, -0.25) is 9.59 Å². The number of esters is 1. The summed E-state index contributed by atoms with van der Waals surface area (Å²) < 4.78 is 21.0. The summed E-state index contributed by atoms with van der Waals surface area (Å²) in [6.07, 6.45) is 3.24. The molecule has 202 valence electrons. The van der Waals surface area contributed by atoms with Crippen molar-refractivity contribution in [2.45, 2.75) is 64.8 Å². The summed E-state index contributed by atoms with van der Waals surface area (Å²) in [4.78, 5) is 33.6. The maximum atomic E-state index is 14.2. The average molecular weight is 526 g/mol. The van der Waals surface area contributed by atoms with Crippen molar-refractivity contribution in [1.82, 2.24) is 25.1 Å². The summed E-state index contributed by atoms with van der Waals surface area (Å²) in [5, 5.41) is 29.5. The molecular weight excluding hydrogens is 493 g/mol. The number of anilines is 1. The normalized spacial score (nSPS) is 12.6. The molecule has 0 fully saturated rings. The molecule has 3 N–H and O–H groups in total. The highest BCUT2D eigenvalue weighted by Crippen LogP contribution is 2.22. The maximum Gasteiger partial charge on any atom is 0.306 e. The number of hydrogen-bond donors (Lipinski definition) is 3. The monoisotopic (exact) mass is 525 g/mol. The summed E-state index contributed by atoms with van der Waals surface area (Å²) in [7, 11) is 0. The van der Waals surface area contributed by atoms with Gasteiger partial charge in [0.2, 0.25) is 0 Å². The van der Waals surface area contributed by atoms with Crippen molar-refractivity contribution in [2.75, 3.05) is 18.4 Å². The quantitative estimate of drug-likeness (QED) is 0.267. The van der Waals surface area contributed by atoms with Crippen molar-refractivity contribution in [3.63, 3.8) is 0 Å². The Hall–Kier alpha value is -4.11. The van der Waals surface area contributed by atoms with E-state index in [-0.39, 0.29) is 18.0 Å². The average Bonchev–Trinajstić information content (AvgIpc) is 3.26. The van der Waals surface area contributed by atoms with Gasteiger partial charge in [0, 0.05) is 36.8 Å². The Labute approximate surface area is 220 Å². The van der Waals surface area contributed by atoms with Crippen LogP contribution < -0.4 is 10.6 Å². The van der Waals surface area contributed by atoms with E-state index in [9.17, 15) is 19.1 Å². The van der Waals surface area contributed by atoms with Crippen molar-refractivity contribution in [2.24, 2.45) is 0 Å². The van der Waals surface area contributed by atoms with Crippen LogP contribution in [0, 0.1) is 11.3 Å². The predicted octanol–water partition coefficient (Wildman–Crippen LogP) is 3.06. The fourth-order valence-electron chi connectivity index (χ4n) is 3.41. The third-order valence-corrected chi connectivity index (χ3v) is 5.39. The molecule has 1 amide bonds. The number of carbonyl (C=O) groups is 2. The fraction of sp³-hybridized carbons (Fsp3) is 0.462. The number of ether oxygens (including phenoxy) is 1. The molecule has 3 aromatic heterocycles. The van der Waals surface area contributed by atoms with Gasteiger partial charge < -0.3 is 20.5 Å². The van der Waals surface area contributed by atoms with Crippen molar-refractivity contribution in [1.29, 1.82) is 5.26 Å². The van der Waals surface area contributed by atoms with Crippen LogP contribution in [0.15, 0.2) is 30.7 Å². The Balaban J connectivity index is 1.84. The molecule has 0 aliphatic carbocycles. The van der Waals surface area contributed by atoms with Crippen LogP contribution in [0.3, 0.4) is 0 Å². The van der Waals surface area contributed by atoms with E-state index in [0.717, 1.165) is 0 Å². The van der Waals surface area contributed by atoms with E-state index in [1.54, 1.807) is 39.1 Å². The number of amides is 1. The van der Waals surface area contributed by atoms with E-state index in [1.807, 2.05) is 6.07 Å². The van der Waals surface area contributed by atoms with Crippen molar-refractivity contribution in [3.05, 3.63) is 41.9 Å². The van der Waals surface area contributed by atoms with Crippen LogP contribution in [0.5, 0.6) is 0 Å². The smallest absolute Gasteiger partial charge is 0.306 e. The fourth-order valence-corrected chi connectivity index (χ4v) is 3.41. The molecule has 11 nitrogen and oxygen atoms in total. The van der Waals surface area contributed by atoms with Gasteiger partial charge in [-0.1, -0.05) is 0 Å². The summed E-state index contributed by atoms with van der Waals surface area (Å²) in [5.41, 5.74) is -0.811. The lowest BCUT2D eigenvalue weighted by Gasteiger charge is -2.22. The highest BCUT2D eigenvalue weighted by Gasteiger charge is 2.27. The van der Waals surface area contributed by atoms with Crippen molar-refractivity contribution in [3.8, 4) is 11.9 Å². The molecule has 3 rings (SSSR count). The zero-order valence-electron chi connectivity index (χ0n) is 22.1. The zero-order valence-corrected chi connectivity index (χ0v) is 22.1. The summed E-state index contributed by atoms with van der Waals surface area (Å²) >= 11 is 0. The van der Waals surface area contributed by atoms with Crippen molar-refractivity contribution >= 4 is 28.6 Å². The number of aromatic nitrogens is 4. The standard InChI is InChI=1S/C26H32FN7O4/c1-25(2,3)38-22(35)7-6-8-29-19-10-21(34-23-17(13-33-34)9-16(11-28)12-31-23)30-14-18(19)24(36)32-15-20(27)26(4,5)37/h9-10,12-14,20,37H,6-8,15H2,1-5H3,(H,29,30)(H,32,36)/t20-/m1/s1. The third-order valence-electron chi connectivity index (χ3n) is 5.39. The second-order valence-electron chi connectivity index (χ2n) is 10.3. The van der Waals surface area contributed by atoms with Crippen LogP contribution in [0.1, 0.15) is 63.4 Å². The zero-order chi connectivity index (χ0) is 28.1. The number of rotatable bonds is 10. The topological polar surface area (TPSA) is 155 Å². The van der Waals surface area contributed by atoms with E-state index in [4.69, 9.17) is 10.00 Å². The van der Waals surface area contributed by atoms with Gasteiger partial charge in [0.15, 0.2) is 11.5 Å². The van der Waals surface area contributed by atoms with Gasteiger partial charge in [-0.15, -0.1) is 0 Å². The lowest BCUT2D eigenvalue weighted by Crippen LogP contribution is -2.42. The number of hydrogen-bond acceptors (Lipinski definition) is 9. The van der Waals surface area contributed by atoms with Gasteiger partial charge in [0.05, 0.1) is 35.2 Å². The highest BCUT2D eigenvalue weighted by atomic mass is 19.1. The Bertz CT molecular complexity index is 1350. The number of nitrogens with one attached hydrogen (secondary N) is 2. The molecule has 1 atom stereocenters. The Morgan fingerprint density at radius 3 is 2.58 bits per heavy atom. The molecule has 3 heterocycles. The molecule has 12 heteroatoms. The minimum absolute atomic E-state index is 0.144. The first kappa shape index (κ1) is 28.5. The molecule has 0 unspecified atom stereocenters. The van der Waals surface area contributed by atoms with Crippen LogP contribution >= 0.6 is 0 Å². The molecule has 0 bridgehead atoms. The van der Waals surface area contributed by atoms with Crippen molar-refractivity contribution < 1.29 is 23.8 Å². The number of nitriles is 1. The second-order valence-corrected chi connectivity index (χ2v) is 10.3. The number of alkyl halides is 1. The number of nitrogens with zero attached hydrogens (tertiary/aromatic N) is 5. The first-order valence-corrected chi connectivity index (χ1v) is 12.1. The van der Waals surface area contributed by atoms with Crippen LogP contribution in [-0.4, -0.2) is 67.2 Å². The van der Waals surface area contributed by atoms with Crippen LogP contribution in [0.25, 0.3) is 16.9 Å². The minimum Gasteiger partial charge on any atom is -0.460 e. The van der Waals surface area contributed by atoms with E-state index < -0.39 is 29.8 Å². The van der Waals surface area contributed by atoms with Gasteiger partial charge in [-0.25, -0.2) is 14.4 Å². The first-order valence-electron chi connectivity index (χ1n) is 12.1. The van der Waals surface area contributed by atoms with Gasteiger partial charge in [-0.05, 0) is 47.1 Å². The maximum absolute atomic E-state index is 14.2. The first-order chi connectivity index (χ1) is 17.8. The van der Waals surface area contributed by atoms with E-state index in [2.05, 4.69) is 25.7 Å². The molecule has 0 saturated carbocycles. The lowest BCUT2D eigenvalue weighted by molar-refractivity contribution is -0.154. The van der Waals surface area contributed by atoms with Gasteiger partial charge in [0.1, 0.15) is 17.8 Å². The molecule has 0 aliphatic heterocycles. The van der Waals surface area contributed by atoms with Crippen LogP contribution in [0.4, 0.5) is 10.1 Å². The molecule has 3 aromatic rings. The number of halogens is 1. The van der Waals surface area contributed by atoms with E-state index >= 15 is 0 Å². The Kier molecular flexibility index (Phi) is 8.63. The second kappa shape index (κ2) is 11.5. The molecule has 38 heavy (non-hydrogen) atoms. The van der Waals surface area contributed by atoms with Gasteiger partial charge in [0.25, 0.3) is 5.91 Å². The van der Waals surface area contributed by atoms with Gasteiger partial charge >= 0.3 is 5.97 Å². The third kappa shape index (κ3) is 7.45. The SMILES string of the molecule is CC(C)(C)OC(=O)CCCNc1cc(-n2ncc3cc(C#N)cnc32)ncc1C(=O)NC[C@@H](F)C(C)(C)O. The number of pyridine rings is 2. The van der Waals surface area contributed by atoms with Gasteiger partial charge in [-0.2, -0.15) is 15.0 Å². The Morgan fingerprint density at radius 1 is 1.18 bits per heavy atom. The highest BCUT2D eigenvalue weighted by molar-refractivity contribution is 5.99. The van der Waals surface area contributed by atoms with Crippen LogP contribution in [-0.2, 0) is 9.53 Å². The largest absolute Gasteiger partial charge is 0.460 e. The number of aliphatic hydroxyl groups is 1. The molecule has 0 saturated heterocycles. The summed E-state index contributed by atoms with van der Waals surface area (Å²) in [5.74, 6) is -0.574. The minimum atomic E-state index is -1.68. The Morgan fingerprint density at radius 2 is 1.92 bits per heavy atom.